The molecule has 0 aliphatic rings. The maximum Gasteiger partial charge on any atom is 0.0715 e. The summed E-state index contributed by atoms with van der Waals surface area (Å²) in [4.78, 5) is 0. The average Bonchev–Trinajstić information content (AvgIpc) is 1.85. The van der Waals surface area contributed by atoms with Crippen molar-refractivity contribution in [3.8, 4) is 0 Å². The average molecular weight is 177 g/mol. The first-order chi connectivity index (χ1) is 4.95. The second-order valence-corrected chi connectivity index (χ2v) is 4.77. The number of aliphatic hydroxyl groups is 1. The van der Waals surface area contributed by atoms with E-state index in [9.17, 15) is 5.11 Å². The van der Waals surface area contributed by atoms with Crippen LogP contribution in [0.5, 0.6) is 0 Å². The van der Waals surface area contributed by atoms with E-state index >= 15 is 0 Å². The van der Waals surface area contributed by atoms with Gasteiger partial charge >= 0.3 is 0 Å². The van der Waals surface area contributed by atoms with Crippen LogP contribution in [0.1, 0.15) is 20.8 Å². The highest BCUT2D eigenvalue weighted by molar-refractivity contribution is 7.99. The third-order valence-electron chi connectivity index (χ3n) is 1.39. The highest BCUT2D eigenvalue weighted by atomic mass is 32.2. The topological polar surface area (TPSA) is 32.3 Å². The highest BCUT2D eigenvalue weighted by Gasteiger charge is 2.11. The number of nitrogens with one attached hydrogen (secondary N) is 1. The maximum atomic E-state index is 9.33. The number of thioether (sulfide) groups is 1. The molecule has 0 saturated heterocycles. The Labute approximate surface area is 73.8 Å². The standard InChI is InChI=1S/C8H19NOS/c1-7(11-4)5-9-6-8(2,3)10/h7,9-10H,5-6H2,1-4H3. The van der Waals surface area contributed by atoms with Crippen LogP contribution in [0.3, 0.4) is 0 Å². The van der Waals surface area contributed by atoms with Crippen LogP contribution < -0.4 is 5.32 Å². The van der Waals surface area contributed by atoms with E-state index in [1.807, 2.05) is 25.6 Å². The number of rotatable bonds is 5. The molecule has 0 bridgehead atoms. The summed E-state index contributed by atoms with van der Waals surface area (Å²) in [5.74, 6) is 0. The zero-order chi connectivity index (χ0) is 8.91. The lowest BCUT2D eigenvalue weighted by Gasteiger charge is -2.19. The van der Waals surface area contributed by atoms with Crippen LogP contribution >= 0.6 is 11.8 Å². The van der Waals surface area contributed by atoms with Crippen LogP contribution in [-0.2, 0) is 0 Å². The van der Waals surface area contributed by atoms with E-state index in [1.165, 1.54) is 0 Å². The predicted octanol–water partition coefficient (Wildman–Crippen LogP) is 1.10. The van der Waals surface area contributed by atoms with E-state index in [2.05, 4.69) is 18.5 Å². The van der Waals surface area contributed by atoms with E-state index in [0.717, 1.165) is 6.54 Å². The zero-order valence-electron chi connectivity index (χ0n) is 7.85. The van der Waals surface area contributed by atoms with E-state index in [0.29, 0.717) is 11.8 Å². The summed E-state index contributed by atoms with van der Waals surface area (Å²) >= 11 is 1.83. The molecule has 1 unspecified atom stereocenters. The molecule has 0 heterocycles. The van der Waals surface area contributed by atoms with Crippen molar-refractivity contribution in [1.29, 1.82) is 0 Å². The quantitative estimate of drug-likeness (QED) is 0.659. The molecular weight excluding hydrogens is 158 g/mol. The van der Waals surface area contributed by atoms with Gasteiger partial charge in [0.15, 0.2) is 0 Å². The fourth-order valence-corrected chi connectivity index (χ4v) is 0.949. The summed E-state index contributed by atoms with van der Waals surface area (Å²) in [6.07, 6.45) is 2.09. The van der Waals surface area contributed by atoms with Crippen LogP contribution in [0.15, 0.2) is 0 Å². The number of hydrogen-bond acceptors (Lipinski definition) is 3. The molecule has 68 valence electrons. The Morgan fingerprint density at radius 3 is 2.45 bits per heavy atom. The van der Waals surface area contributed by atoms with Gasteiger partial charge in [-0.3, -0.25) is 0 Å². The zero-order valence-corrected chi connectivity index (χ0v) is 8.66. The van der Waals surface area contributed by atoms with Crippen LogP contribution in [0.4, 0.5) is 0 Å². The third-order valence-corrected chi connectivity index (χ3v) is 2.36. The summed E-state index contributed by atoms with van der Waals surface area (Å²) in [6, 6.07) is 0. The first-order valence-electron chi connectivity index (χ1n) is 3.91. The van der Waals surface area contributed by atoms with Crippen molar-refractivity contribution in [2.24, 2.45) is 0 Å². The van der Waals surface area contributed by atoms with E-state index in [4.69, 9.17) is 0 Å². The first kappa shape index (κ1) is 11.3. The minimum atomic E-state index is -0.585. The van der Waals surface area contributed by atoms with Gasteiger partial charge in [0, 0.05) is 18.3 Å². The lowest BCUT2D eigenvalue weighted by molar-refractivity contribution is 0.0802. The molecule has 0 aromatic heterocycles. The molecule has 1 atom stereocenters. The van der Waals surface area contributed by atoms with Gasteiger partial charge in [-0.2, -0.15) is 11.8 Å². The SMILES string of the molecule is CSC(C)CNCC(C)(C)O. The molecule has 0 aromatic carbocycles. The summed E-state index contributed by atoms with van der Waals surface area (Å²) in [7, 11) is 0. The van der Waals surface area contributed by atoms with Crippen molar-refractivity contribution in [1.82, 2.24) is 5.32 Å². The molecule has 3 heteroatoms. The van der Waals surface area contributed by atoms with Crippen molar-refractivity contribution in [2.45, 2.75) is 31.6 Å². The van der Waals surface area contributed by atoms with Crippen LogP contribution in [0, 0.1) is 0 Å². The molecule has 0 aliphatic heterocycles. The Kier molecular flexibility index (Phi) is 5.13. The highest BCUT2D eigenvalue weighted by Crippen LogP contribution is 2.03. The second kappa shape index (κ2) is 5.01. The van der Waals surface area contributed by atoms with Gasteiger partial charge in [0.25, 0.3) is 0 Å². The summed E-state index contributed by atoms with van der Waals surface area (Å²) in [5.41, 5.74) is -0.585. The Balaban J connectivity index is 3.28. The smallest absolute Gasteiger partial charge is 0.0715 e. The fourth-order valence-electron chi connectivity index (χ4n) is 0.665. The summed E-state index contributed by atoms with van der Waals surface area (Å²) in [6.45, 7) is 7.42. The van der Waals surface area contributed by atoms with Gasteiger partial charge < -0.3 is 10.4 Å². The van der Waals surface area contributed by atoms with Gasteiger partial charge in [0.2, 0.25) is 0 Å². The Morgan fingerprint density at radius 2 is 2.09 bits per heavy atom. The van der Waals surface area contributed by atoms with E-state index in [-0.39, 0.29) is 0 Å². The van der Waals surface area contributed by atoms with Gasteiger partial charge in [0.1, 0.15) is 0 Å². The first-order valence-corrected chi connectivity index (χ1v) is 5.20. The van der Waals surface area contributed by atoms with Gasteiger partial charge in [-0.05, 0) is 20.1 Å². The molecule has 0 aromatic rings. The lowest BCUT2D eigenvalue weighted by atomic mass is 10.1. The van der Waals surface area contributed by atoms with Crippen molar-refractivity contribution in [3.63, 3.8) is 0 Å². The van der Waals surface area contributed by atoms with Crippen LogP contribution in [-0.4, -0.2) is 35.3 Å². The van der Waals surface area contributed by atoms with Gasteiger partial charge in [-0.1, -0.05) is 6.92 Å². The van der Waals surface area contributed by atoms with E-state index in [1.54, 1.807) is 0 Å². The number of hydrogen-bond donors (Lipinski definition) is 2. The molecule has 0 fully saturated rings. The van der Waals surface area contributed by atoms with Crippen molar-refractivity contribution >= 4 is 11.8 Å². The van der Waals surface area contributed by atoms with Crippen LogP contribution in [0.2, 0.25) is 0 Å². The second-order valence-electron chi connectivity index (χ2n) is 3.49. The monoisotopic (exact) mass is 177 g/mol. The fraction of sp³-hybridized carbons (Fsp3) is 1.00. The normalized spacial score (nSPS) is 15.0. The molecule has 11 heavy (non-hydrogen) atoms. The third kappa shape index (κ3) is 8.17. The van der Waals surface area contributed by atoms with Gasteiger partial charge in [0.05, 0.1) is 5.60 Å². The Morgan fingerprint density at radius 1 is 1.55 bits per heavy atom. The molecule has 0 rings (SSSR count). The Bertz CT molecular complexity index is 101. The molecular formula is C8H19NOS. The largest absolute Gasteiger partial charge is 0.389 e. The van der Waals surface area contributed by atoms with Gasteiger partial charge in [-0.15, -0.1) is 0 Å². The minimum absolute atomic E-state index is 0.585. The molecule has 0 aliphatic carbocycles. The predicted molar refractivity (Wildman–Crippen MR) is 52.1 cm³/mol. The summed E-state index contributed by atoms with van der Waals surface area (Å²) in [5, 5.41) is 13.2. The summed E-state index contributed by atoms with van der Waals surface area (Å²) < 4.78 is 0. The van der Waals surface area contributed by atoms with Crippen molar-refractivity contribution < 1.29 is 5.11 Å². The molecule has 2 nitrogen and oxygen atoms in total. The van der Waals surface area contributed by atoms with Gasteiger partial charge in [-0.25, -0.2) is 0 Å². The van der Waals surface area contributed by atoms with Crippen molar-refractivity contribution in [2.75, 3.05) is 19.3 Å². The Hall–Kier alpha value is 0.270. The van der Waals surface area contributed by atoms with Crippen LogP contribution in [0.25, 0.3) is 0 Å². The van der Waals surface area contributed by atoms with Crippen molar-refractivity contribution in [3.05, 3.63) is 0 Å². The molecule has 0 saturated carbocycles. The molecule has 0 amide bonds. The van der Waals surface area contributed by atoms with E-state index < -0.39 is 5.60 Å². The molecule has 0 spiro atoms. The lowest BCUT2D eigenvalue weighted by Crippen LogP contribution is -2.37. The maximum absolute atomic E-state index is 9.33. The molecule has 2 N–H and O–H groups in total. The molecule has 0 radical (unpaired) electrons. The minimum Gasteiger partial charge on any atom is -0.389 e.